The van der Waals surface area contributed by atoms with Gasteiger partial charge in [-0.25, -0.2) is 0 Å². The van der Waals surface area contributed by atoms with Gasteiger partial charge in [0.05, 0.1) is 11.8 Å². The Bertz CT molecular complexity index is 489. The molecule has 1 aromatic carbocycles. The highest BCUT2D eigenvalue weighted by Gasteiger charge is 2.31. The molecule has 0 amide bonds. The summed E-state index contributed by atoms with van der Waals surface area (Å²) in [6, 6.07) is 7.39. The van der Waals surface area contributed by atoms with Crippen molar-refractivity contribution < 1.29 is 4.74 Å². The fraction of sp³-hybridized carbons (Fsp3) is 0.647. The first-order valence-corrected chi connectivity index (χ1v) is 8.18. The van der Waals surface area contributed by atoms with Gasteiger partial charge in [-0.2, -0.15) is 0 Å². The van der Waals surface area contributed by atoms with Crippen LogP contribution in [0.15, 0.2) is 18.2 Å². The molecule has 21 heavy (non-hydrogen) atoms. The zero-order chi connectivity index (χ0) is 14.8. The molecule has 0 saturated carbocycles. The van der Waals surface area contributed by atoms with Gasteiger partial charge in [0.1, 0.15) is 5.75 Å². The Morgan fingerprint density at radius 3 is 2.95 bits per heavy atom. The third-order valence-electron chi connectivity index (χ3n) is 4.57. The lowest BCUT2D eigenvalue weighted by Gasteiger charge is -2.35. The highest BCUT2D eigenvalue weighted by atomic mass is 16.5. The maximum absolute atomic E-state index is 5.98. The van der Waals surface area contributed by atoms with Crippen LogP contribution in [0.25, 0.3) is 0 Å². The molecule has 2 aliphatic heterocycles. The van der Waals surface area contributed by atoms with E-state index in [4.69, 9.17) is 10.5 Å². The molecule has 4 heteroatoms. The van der Waals surface area contributed by atoms with Crippen molar-refractivity contribution in [2.75, 3.05) is 24.1 Å². The number of nitrogens with one attached hydrogen (secondary N) is 1. The Morgan fingerprint density at radius 1 is 1.29 bits per heavy atom. The van der Waals surface area contributed by atoms with Gasteiger partial charge in [0.2, 0.25) is 0 Å². The Labute approximate surface area is 127 Å². The molecular weight excluding hydrogens is 262 g/mol. The normalized spacial score (nSPS) is 25.9. The molecule has 0 bridgehead atoms. The van der Waals surface area contributed by atoms with Crippen molar-refractivity contribution in [3.8, 4) is 5.75 Å². The smallest absolute Gasteiger partial charge is 0.144 e. The average Bonchev–Trinajstić information content (AvgIpc) is 2.89. The van der Waals surface area contributed by atoms with Crippen LogP contribution in [0.1, 0.15) is 39.5 Å². The van der Waals surface area contributed by atoms with Crippen LogP contribution >= 0.6 is 0 Å². The number of nitrogens with two attached hydrogens (primary N) is 1. The van der Waals surface area contributed by atoms with Crippen LogP contribution < -0.4 is 15.8 Å². The van der Waals surface area contributed by atoms with E-state index in [9.17, 15) is 0 Å². The van der Waals surface area contributed by atoms with Crippen LogP contribution in [0, 0.1) is 0 Å². The van der Waals surface area contributed by atoms with Gasteiger partial charge in [0.15, 0.2) is 0 Å². The van der Waals surface area contributed by atoms with Crippen LogP contribution in [-0.2, 0) is 0 Å². The summed E-state index contributed by atoms with van der Waals surface area (Å²) in [5.74, 6) is 0.785. The zero-order valence-corrected chi connectivity index (χ0v) is 13.1. The van der Waals surface area contributed by atoms with Gasteiger partial charge in [0.25, 0.3) is 0 Å². The molecule has 2 atom stereocenters. The molecule has 116 valence electrons. The van der Waals surface area contributed by atoms with Crippen LogP contribution in [0.5, 0.6) is 5.75 Å². The lowest BCUT2D eigenvalue weighted by atomic mass is 9.97. The number of nitrogen functional groups attached to an aromatic ring is 1. The summed E-state index contributed by atoms with van der Waals surface area (Å²) in [5, 5.41) is 3.67. The zero-order valence-electron chi connectivity index (χ0n) is 13.1. The summed E-state index contributed by atoms with van der Waals surface area (Å²) in [7, 11) is 0. The Hall–Kier alpha value is -1.42. The van der Waals surface area contributed by atoms with Gasteiger partial charge in [-0.1, -0.05) is 0 Å². The van der Waals surface area contributed by atoms with E-state index in [1.165, 1.54) is 38.8 Å². The van der Waals surface area contributed by atoms with Crippen LogP contribution in [0.3, 0.4) is 0 Å². The fourth-order valence-electron chi connectivity index (χ4n) is 3.57. The Balaban J connectivity index is 1.64. The van der Waals surface area contributed by atoms with Crippen molar-refractivity contribution in [2.45, 2.75) is 57.7 Å². The lowest BCUT2D eigenvalue weighted by molar-refractivity contribution is 0.188. The number of anilines is 2. The summed E-state index contributed by atoms with van der Waals surface area (Å²) < 4.78 is 5.77. The quantitative estimate of drug-likeness (QED) is 0.836. The molecule has 4 nitrogen and oxygen atoms in total. The van der Waals surface area contributed by atoms with Crippen LogP contribution in [-0.4, -0.2) is 36.2 Å². The van der Waals surface area contributed by atoms with Gasteiger partial charge in [-0.3, -0.25) is 0 Å². The van der Waals surface area contributed by atoms with E-state index in [2.05, 4.69) is 16.3 Å². The van der Waals surface area contributed by atoms with Crippen LogP contribution in [0.2, 0.25) is 0 Å². The van der Waals surface area contributed by atoms with Gasteiger partial charge in [-0.15, -0.1) is 0 Å². The molecule has 2 fully saturated rings. The number of piperidine rings is 1. The van der Waals surface area contributed by atoms with Gasteiger partial charge < -0.3 is 20.7 Å². The lowest BCUT2D eigenvalue weighted by Crippen LogP contribution is -2.42. The standard InChI is InChI=1S/C17H27N3O/c1-12(2)21-17-11-13(5-6-16(17)18)19-14-7-9-20-8-3-4-15(20)10-14/h5-6,11-12,14-15,19H,3-4,7-10,18H2,1-2H3. The predicted octanol–water partition coefficient (Wildman–Crippen LogP) is 3.09. The minimum Gasteiger partial charge on any atom is -0.489 e. The second kappa shape index (κ2) is 6.14. The maximum atomic E-state index is 5.98. The SMILES string of the molecule is CC(C)Oc1cc(NC2CCN3CCCC3C2)ccc1N. The molecular formula is C17H27N3O. The maximum Gasteiger partial charge on any atom is 0.144 e. The number of rotatable bonds is 4. The van der Waals surface area contributed by atoms with Crippen molar-refractivity contribution in [2.24, 2.45) is 0 Å². The molecule has 0 aliphatic carbocycles. The topological polar surface area (TPSA) is 50.5 Å². The first kappa shape index (κ1) is 14.5. The monoisotopic (exact) mass is 289 g/mol. The third kappa shape index (κ3) is 3.43. The largest absolute Gasteiger partial charge is 0.489 e. The molecule has 2 unspecified atom stereocenters. The summed E-state index contributed by atoms with van der Waals surface area (Å²) >= 11 is 0. The Morgan fingerprint density at radius 2 is 2.14 bits per heavy atom. The second-order valence-electron chi connectivity index (χ2n) is 6.62. The van der Waals surface area contributed by atoms with Crippen LogP contribution in [0.4, 0.5) is 11.4 Å². The van der Waals surface area contributed by atoms with Crippen molar-refractivity contribution in [1.29, 1.82) is 0 Å². The van der Waals surface area contributed by atoms with E-state index in [-0.39, 0.29) is 6.10 Å². The number of hydrogen-bond donors (Lipinski definition) is 2. The van der Waals surface area contributed by atoms with E-state index >= 15 is 0 Å². The van der Waals surface area contributed by atoms with Crippen molar-refractivity contribution >= 4 is 11.4 Å². The van der Waals surface area contributed by atoms with E-state index in [1.807, 2.05) is 26.0 Å². The minimum atomic E-state index is 0.143. The van der Waals surface area contributed by atoms with E-state index in [0.29, 0.717) is 11.7 Å². The number of ether oxygens (including phenoxy) is 1. The molecule has 2 heterocycles. The highest BCUT2D eigenvalue weighted by Crippen LogP contribution is 2.31. The third-order valence-corrected chi connectivity index (χ3v) is 4.57. The first-order chi connectivity index (χ1) is 10.1. The summed E-state index contributed by atoms with van der Waals surface area (Å²) in [6.45, 7) is 6.57. The molecule has 2 aliphatic rings. The molecule has 3 N–H and O–H groups in total. The van der Waals surface area contributed by atoms with E-state index in [0.717, 1.165) is 17.5 Å². The summed E-state index contributed by atoms with van der Waals surface area (Å²) in [6.07, 6.45) is 5.35. The van der Waals surface area contributed by atoms with E-state index < -0.39 is 0 Å². The molecule has 3 rings (SSSR count). The van der Waals surface area contributed by atoms with Crippen molar-refractivity contribution in [3.63, 3.8) is 0 Å². The molecule has 1 aromatic rings. The number of fused-ring (bicyclic) bond motifs is 1. The molecule has 0 aromatic heterocycles. The first-order valence-electron chi connectivity index (χ1n) is 8.18. The molecule has 0 radical (unpaired) electrons. The summed E-state index contributed by atoms with van der Waals surface area (Å²) in [5.41, 5.74) is 7.81. The van der Waals surface area contributed by atoms with Crippen molar-refractivity contribution in [1.82, 2.24) is 4.90 Å². The summed E-state index contributed by atoms with van der Waals surface area (Å²) in [4.78, 5) is 2.65. The predicted molar refractivity (Wildman–Crippen MR) is 87.9 cm³/mol. The Kier molecular flexibility index (Phi) is 4.24. The van der Waals surface area contributed by atoms with E-state index in [1.54, 1.807) is 0 Å². The minimum absolute atomic E-state index is 0.143. The molecule has 2 saturated heterocycles. The van der Waals surface area contributed by atoms with Crippen molar-refractivity contribution in [3.05, 3.63) is 18.2 Å². The highest BCUT2D eigenvalue weighted by molar-refractivity contribution is 5.61. The average molecular weight is 289 g/mol. The number of nitrogens with zero attached hydrogens (tertiary/aromatic N) is 1. The molecule has 0 spiro atoms. The van der Waals surface area contributed by atoms with Gasteiger partial charge in [0, 0.05) is 30.4 Å². The van der Waals surface area contributed by atoms with Gasteiger partial charge in [-0.05, 0) is 58.2 Å². The number of hydrogen-bond acceptors (Lipinski definition) is 4. The fourth-order valence-corrected chi connectivity index (χ4v) is 3.57. The number of benzene rings is 1. The van der Waals surface area contributed by atoms with Gasteiger partial charge >= 0.3 is 0 Å². The second-order valence-corrected chi connectivity index (χ2v) is 6.62.